The molecule has 0 aliphatic carbocycles. The average molecular weight is 381 g/mol. The molecule has 1 heterocycles. The van der Waals surface area contributed by atoms with Crippen LogP contribution in [-0.4, -0.2) is 44.4 Å². The van der Waals surface area contributed by atoms with Crippen molar-refractivity contribution in [2.75, 3.05) is 33.4 Å². The van der Waals surface area contributed by atoms with Gasteiger partial charge >= 0.3 is 6.18 Å². The maximum absolute atomic E-state index is 12.7. The Morgan fingerprint density at radius 1 is 1.04 bits per heavy atom. The number of hydrogen-bond acceptors (Lipinski definition) is 4. The second-order valence-electron chi connectivity index (χ2n) is 6.42. The van der Waals surface area contributed by atoms with E-state index in [2.05, 4.69) is 4.90 Å². The molecule has 1 aliphatic rings. The van der Waals surface area contributed by atoms with E-state index in [1.807, 2.05) is 24.3 Å². The smallest absolute Gasteiger partial charge is 0.416 e. The van der Waals surface area contributed by atoms with E-state index in [4.69, 9.17) is 14.2 Å². The Morgan fingerprint density at radius 3 is 2.33 bits per heavy atom. The summed E-state index contributed by atoms with van der Waals surface area (Å²) in [6.07, 6.45) is -4.60. The summed E-state index contributed by atoms with van der Waals surface area (Å²) in [5, 5.41) is 0. The van der Waals surface area contributed by atoms with Crippen molar-refractivity contribution in [2.45, 2.75) is 18.8 Å². The Bertz CT molecular complexity index is 717. The Morgan fingerprint density at radius 2 is 1.70 bits per heavy atom. The van der Waals surface area contributed by atoms with Gasteiger partial charge in [0, 0.05) is 19.6 Å². The number of nitrogens with zero attached hydrogens (tertiary/aromatic N) is 1. The molecule has 1 atom stereocenters. The van der Waals surface area contributed by atoms with Gasteiger partial charge in [-0.1, -0.05) is 12.1 Å². The molecule has 0 bridgehead atoms. The zero-order chi connectivity index (χ0) is 19.3. The number of alkyl halides is 3. The lowest BCUT2D eigenvalue weighted by molar-refractivity contribution is -0.137. The van der Waals surface area contributed by atoms with Crippen molar-refractivity contribution in [1.82, 2.24) is 4.90 Å². The highest BCUT2D eigenvalue weighted by Crippen LogP contribution is 2.30. The number of halogens is 3. The minimum atomic E-state index is -4.35. The van der Waals surface area contributed by atoms with E-state index in [9.17, 15) is 13.2 Å². The van der Waals surface area contributed by atoms with Crippen LogP contribution in [0.5, 0.6) is 11.5 Å². The Kier molecular flexibility index (Phi) is 6.23. The second-order valence-corrected chi connectivity index (χ2v) is 6.42. The SMILES string of the molecule is COc1ccc(CN2CCOC[C@H](Oc3ccc(C(F)(F)F)cc3)C2)cc1. The fourth-order valence-corrected chi connectivity index (χ4v) is 2.96. The summed E-state index contributed by atoms with van der Waals surface area (Å²) in [5.74, 6) is 1.21. The van der Waals surface area contributed by atoms with Gasteiger partial charge in [-0.05, 0) is 42.0 Å². The fourth-order valence-electron chi connectivity index (χ4n) is 2.96. The minimum Gasteiger partial charge on any atom is -0.497 e. The number of hydrogen-bond donors (Lipinski definition) is 0. The van der Waals surface area contributed by atoms with Crippen LogP contribution in [0.2, 0.25) is 0 Å². The number of methoxy groups -OCH3 is 1. The largest absolute Gasteiger partial charge is 0.497 e. The van der Waals surface area contributed by atoms with Gasteiger partial charge in [0.25, 0.3) is 0 Å². The van der Waals surface area contributed by atoms with Crippen LogP contribution >= 0.6 is 0 Å². The topological polar surface area (TPSA) is 30.9 Å². The third-order valence-corrected chi connectivity index (χ3v) is 4.37. The highest BCUT2D eigenvalue weighted by Gasteiger charge is 2.30. The first-order valence-electron chi connectivity index (χ1n) is 8.71. The molecule has 0 spiro atoms. The third-order valence-electron chi connectivity index (χ3n) is 4.37. The van der Waals surface area contributed by atoms with Gasteiger partial charge in [-0.25, -0.2) is 0 Å². The monoisotopic (exact) mass is 381 g/mol. The number of rotatable bonds is 5. The molecule has 0 radical (unpaired) electrons. The van der Waals surface area contributed by atoms with E-state index in [1.54, 1.807) is 7.11 Å². The molecule has 3 rings (SSSR count). The molecule has 0 unspecified atom stereocenters. The molecule has 0 aromatic heterocycles. The van der Waals surface area contributed by atoms with Crippen molar-refractivity contribution in [1.29, 1.82) is 0 Å². The van der Waals surface area contributed by atoms with Crippen LogP contribution in [0.25, 0.3) is 0 Å². The minimum absolute atomic E-state index is 0.248. The van der Waals surface area contributed by atoms with Gasteiger partial charge < -0.3 is 14.2 Å². The predicted molar refractivity (Wildman–Crippen MR) is 95.0 cm³/mol. The van der Waals surface area contributed by atoms with Crippen LogP contribution in [0.15, 0.2) is 48.5 Å². The third kappa shape index (κ3) is 5.61. The fraction of sp³-hybridized carbons (Fsp3) is 0.400. The highest BCUT2D eigenvalue weighted by atomic mass is 19.4. The van der Waals surface area contributed by atoms with Gasteiger partial charge in [0.2, 0.25) is 0 Å². The summed E-state index contributed by atoms with van der Waals surface area (Å²) < 4.78 is 54.6. The van der Waals surface area contributed by atoms with E-state index in [0.29, 0.717) is 25.5 Å². The summed E-state index contributed by atoms with van der Waals surface area (Å²) in [6.45, 7) is 3.12. The zero-order valence-corrected chi connectivity index (χ0v) is 15.0. The van der Waals surface area contributed by atoms with Crippen molar-refractivity contribution < 1.29 is 27.4 Å². The van der Waals surface area contributed by atoms with Gasteiger partial charge in [0.05, 0.1) is 25.9 Å². The summed E-state index contributed by atoms with van der Waals surface area (Å²) in [6, 6.07) is 12.6. The average Bonchev–Trinajstić information content (AvgIpc) is 2.87. The predicted octanol–water partition coefficient (Wildman–Crippen LogP) is 3.99. The summed E-state index contributed by atoms with van der Waals surface area (Å²) in [5.41, 5.74) is 0.457. The second kappa shape index (κ2) is 8.63. The molecule has 2 aromatic rings. The molecular weight excluding hydrogens is 359 g/mol. The first-order valence-corrected chi connectivity index (χ1v) is 8.71. The first kappa shape index (κ1) is 19.5. The van der Waals surface area contributed by atoms with E-state index in [0.717, 1.165) is 36.5 Å². The van der Waals surface area contributed by atoms with Crippen LogP contribution in [0.3, 0.4) is 0 Å². The quantitative estimate of drug-likeness (QED) is 0.784. The molecule has 0 saturated carbocycles. The molecule has 1 fully saturated rings. The van der Waals surface area contributed by atoms with E-state index in [1.165, 1.54) is 12.1 Å². The van der Waals surface area contributed by atoms with Crippen LogP contribution in [0.1, 0.15) is 11.1 Å². The lowest BCUT2D eigenvalue weighted by atomic mass is 10.2. The van der Waals surface area contributed by atoms with E-state index in [-0.39, 0.29) is 6.10 Å². The molecule has 7 heteroatoms. The molecular formula is C20H22F3NO3. The van der Waals surface area contributed by atoms with Crippen molar-refractivity contribution in [3.8, 4) is 11.5 Å². The van der Waals surface area contributed by atoms with Crippen LogP contribution in [0.4, 0.5) is 13.2 Å². The molecule has 4 nitrogen and oxygen atoms in total. The van der Waals surface area contributed by atoms with Gasteiger partial charge in [0.1, 0.15) is 17.6 Å². The lowest BCUT2D eigenvalue weighted by Gasteiger charge is -2.24. The summed E-state index contributed by atoms with van der Waals surface area (Å²) >= 11 is 0. The van der Waals surface area contributed by atoms with Crippen LogP contribution < -0.4 is 9.47 Å². The van der Waals surface area contributed by atoms with Gasteiger partial charge in [0.15, 0.2) is 0 Å². The molecule has 146 valence electrons. The lowest BCUT2D eigenvalue weighted by Crippen LogP contribution is -2.35. The van der Waals surface area contributed by atoms with Gasteiger partial charge in [-0.2, -0.15) is 13.2 Å². The standard InChI is InChI=1S/C20H22F3NO3/c1-25-17-6-2-15(3-7-17)12-24-10-11-26-14-19(13-24)27-18-8-4-16(5-9-18)20(21,22)23/h2-9,19H,10-14H2,1H3/t19-/m1/s1. The molecule has 0 amide bonds. The molecule has 0 N–H and O–H groups in total. The number of benzene rings is 2. The van der Waals surface area contributed by atoms with Crippen molar-refractivity contribution in [2.24, 2.45) is 0 Å². The number of ether oxygens (including phenoxy) is 3. The summed E-state index contributed by atoms with van der Waals surface area (Å²) in [4.78, 5) is 2.21. The van der Waals surface area contributed by atoms with Crippen molar-refractivity contribution >= 4 is 0 Å². The van der Waals surface area contributed by atoms with E-state index >= 15 is 0 Å². The normalized spacial score (nSPS) is 18.7. The zero-order valence-electron chi connectivity index (χ0n) is 15.0. The van der Waals surface area contributed by atoms with E-state index < -0.39 is 11.7 Å². The summed E-state index contributed by atoms with van der Waals surface area (Å²) in [7, 11) is 1.63. The van der Waals surface area contributed by atoms with Gasteiger partial charge in [-0.15, -0.1) is 0 Å². The Labute approximate surface area is 156 Å². The maximum Gasteiger partial charge on any atom is 0.416 e. The highest BCUT2D eigenvalue weighted by molar-refractivity contribution is 5.29. The molecule has 2 aromatic carbocycles. The van der Waals surface area contributed by atoms with Crippen molar-refractivity contribution in [3.05, 3.63) is 59.7 Å². The Balaban J connectivity index is 1.60. The van der Waals surface area contributed by atoms with Crippen molar-refractivity contribution in [3.63, 3.8) is 0 Å². The van der Waals surface area contributed by atoms with Gasteiger partial charge in [-0.3, -0.25) is 4.90 Å². The molecule has 1 saturated heterocycles. The van der Waals surface area contributed by atoms with Crippen LogP contribution in [0, 0.1) is 0 Å². The maximum atomic E-state index is 12.7. The molecule has 27 heavy (non-hydrogen) atoms. The van der Waals surface area contributed by atoms with Crippen LogP contribution in [-0.2, 0) is 17.5 Å². The first-order chi connectivity index (χ1) is 12.9. The Hall–Kier alpha value is -2.25. The molecule has 1 aliphatic heterocycles.